The number of rotatable bonds is 1. The number of aliphatic hydroxyl groups excluding tert-OH is 1. The van der Waals surface area contributed by atoms with Crippen molar-refractivity contribution in [2.45, 2.75) is 18.9 Å². The molecule has 0 aromatic carbocycles. The Labute approximate surface area is 76.4 Å². The molecule has 65 valence electrons. The van der Waals surface area contributed by atoms with Crippen molar-refractivity contribution in [2.75, 3.05) is 18.0 Å². The smallest absolute Gasteiger partial charge is 0.0915 e. The molecule has 0 bridgehead atoms. The van der Waals surface area contributed by atoms with Gasteiger partial charge in [0.25, 0.3) is 0 Å². The van der Waals surface area contributed by atoms with E-state index in [2.05, 4.69) is 16.3 Å². The van der Waals surface area contributed by atoms with Crippen molar-refractivity contribution in [3.63, 3.8) is 0 Å². The Balaban J connectivity index is 1.99. The largest absolute Gasteiger partial charge is 0.393 e. The van der Waals surface area contributed by atoms with Gasteiger partial charge in [0.1, 0.15) is 0 Å². The minimum atomic E-state index is -0.0785. The molecule has 2 nitrogen and oxygen atoms in total. The maximum atomic E-state index is 9.29. The maximum absolute atomic E-state index is 9.29. The molecular formula is C9H12NOS. The van der Waals surface area contributed by atoms with Crippen LogP contribution < -0.4 is 4.90 Å². The number of thiophene rings is 1. The molecule has 0 saturated carbocycles. The summed E-state index contributed by atoms with van der Waals surface area (Å²) in [6, 6.07) is 4.04. The summed E-state index contributed by atoms with van der Waals surface area (Å²) in [6.45, 7) is 1.96. The van der Waals surface area contributed by atoms with Crippen molar-refractivity contribution in [1.82, 2.24) is 0 Å². The number of piperidine rings is 1. The van der Waals surface area contributed by atoms with E-state index in [1.165, 1.54) is 5.00 Å². The van der Waals surface area contributed by atoms with Crippen LogP contribution in [0, 0.1) is 5.38 Å². The molecule has 0 spiro atoms. The molecule has 1 aromatic rings. The van der Waals surface area contributed by atoms with Crippen LogP contribution in [0.4, 0.5) is 5.00 Å². The molecule has 1 aliphatic rings. The van der Waals surface area contributed by atoms with Gasteiger partial charge in [-0.05, 0) is 25.0 Å². The molecule has 3 heteroatoms. The molecule has 2 heterocycles. The third-order valence-electron chi connectivity index (χ3n) is 2.23. The molecule has 0 amide bonds. The van der Waals surface area contributed by atoms with Crippen LogP contribution in [0.15, 0.2) is 12.1 Å². The van der Waals surface area contributed by atoms with E-state index in [1.807, 2.05) is 6.07 Å². The van der Waals surface area contributed by atoms with E-state index in [1.54, 1.807) is 11.3 Å². The maximum Gasteiger partial charge on any atom is 0.0915 e. The van der Waals surface area contributed by atoms with Crippen molar-refractivity contribution >= 4 is 16.3 Å². The Morgan fingerprint density at radius 3 is 2.83 bits per heavy atom. The van der Waals surface area contributed by atoms with E-state index < -0.39 is 0 Å². The monoisotopic (exact) mass is 182 g/mol. The topological polar surface area (TPSA) is 23.5 Å². The van der Waals surface area contributed by atoms with Crippen LogP contribution in [0.1, 0.15) is 12.8 Å². The van der Waals surface area contributed by atoms with Gasteiger partial charge in [-0.15, -0.1) is 11.3 Å². The fraction of sp³-hybridized carbons (Fsp3) is 0.556. The Morgan fingerprint density at radius 1 is 1.50 bits per heavy atom. The lowest BCUT2D eigenvalue weighted by atomic mass is 10.1. The summed E-state index contributed by atoms with van der Waals surface area (Å²) < 4.78 is 0. The first kappa shape index (κ1) is 8.08. The Morgan fingerprint density at radius 2 is 2.25 bits per heavy atom. The standard InChI is InChI=1S/C9H12NOS/c11-8-3-5-10(6-4-8)9-2-1-7-12-9/h1-2,8,11H,3-6H2. The summed E-state index contributed by atoms with van der Waals surface area (Å²) >= 11 is 1.65. The van der Waals surface area contributed by atoms with Gasteiger partial charge in [-0.25, -0.2) is 0 Å². The molecule has 0 atom stereocenters. The van der Waals surface area contributed by atoms with Gasteiger partial charge in [0.05, 0.1) is 11.1 Å². The van der Waals surface area contributed by atoms with Crippen molar-refractivity contribution < 1.29 is 5.11 Å². The van der Waals surface area contributed by atoms with Gasteiger partial charge in [0.15, 0.2) is 0 Å². The van der Waals surface area contributed by atoms with Crippen LogP contribution in [0.3, 0.4) is 0 Å². The van der Waals surface area contributed by atoms with E-state index in [0.717, 1.165) is 25.9 Å². The molecule has 1 aromatic heterocycles. The first-order valence-corrected chi connectivity index (χ1v) is 5.07. The van der Waals surface area contributed by atoms with Gasteiger partial charge in [-0.2, -0.15) is 0 Å². The summed E-state index contributed by atoms with van der Waals surface area (Å²) in [4.78, 5) is 2.31. The first-order chi connectivity index (χ1) is 5.86. The van der Waals surface area contributed by atoms with E-state index in [4.69, 9.17) is 0 Å². The fourth-order valence-electron chi connectivity index (χ4n) is 1.49. The van der Waals surface area contributed by atoms with Gasteiger partial charge in [-0.1, -0.05) is 0 Å². The Bertz CT molecular complexity index is 227. The molecule has 0 unspecified atom stereocenters. The second kappa shape index (κ2) is 3.46. The molecular weight excluding hydrogens is 170 g/mol. The zero-order valence-corrected chi connectivity index (χ0v) is 7.68. The summed E-state index contributed by atoms with van der Waals surface area (Å²) in [5.41, 5.74) is 0. The molecule has 1 radical (unpaired) electrons. The number of hydrogen-bond acceptors (Lipinski definition) is 3. The number of aliphatic hydroxyl groups is 1. The third-order valence-corrected chi connectivity index (χ3v) is 3.09. The van der Waals surface area contributed by atoms with Crippen LogP contribution in [0.25, 0.3) is 0 Å². The van der Waals surface area contributed by atoms with Gasteiger partial charge in [0, 0.05) is 18.5 Å². The number of nitrogens with zero attached hydrogens (tertiary/aromatic N) is 1. The van der Waals surface area contributed by atoms with Crippen molar-refractivity contribution in [2.24, 2.45) is 0 Å². The highest BCUT2D eigenvalue weighted by molar-refractivity contribution is 7.13. The summed E-state index contributed by atoms with van der Waals surface area (Å²) in [5.74, 6) is 0. The van der Waals surface area contributed by atoms with Crippen LogP contribution in [-0.2, 0) is 0 Å². The summed E-state index contributed by atoms with van der Waals surface area (Å²) in [7, 11) is 0. The molecule has 12 heavy (non-hydrogen) atoms. The fourth-order valence-corrected chi connectivity index (χ4v) is 2.19. The average Bonchev–Trinajstić information content (AvgIpc) is 2.58. The molecule has 1 N–H and O–H groups in total. The predicted molar refractivity (Wildman–Crippen MR) is 50.6 cm³/mol. The van der Waals surface area contributed by atoms with Crippen molar-refractivity contribution in [3.05, 3.63) is 17.5 Å². The SMILES string of the molecule is OC1CCN(c2cc[c]s2)CC1. The minimum absolute atomic E-state index is 0.0785. The number of hydrogen-bond donors (Lipinski definition) is 1. The normalized spacial score (nSPS) is 19.9. The van der Waals surface area contributed by atoms with Crippen LogP contribution in [-0.4, -0.2) is 24.3 Å². The van der Waals surface area contributed by atoms with Crippen LogP contribution >= 0.6 is 11.3 Å². The van der Waals surface area contributed by atoms with Gasteiger partial charge < -0.3 is 10.0 Å². The zero-order valence-electron chi connectivity index (χ0n) is 6.86. The van der Waals surface area contributed by atoms with Crippen molar-refractivity contribution in [3.8, 4) is 0 Å². The van der Waals surface area contributed by atoms with E-state index in [-0.39, 0.29) is 6.10 Å². The van der Waals surface area contributed by atoms with Crippen LogP contribution in [0.2, 0.25) is 0 Å². The summed E-state index contributed by atoms with van der Waals surface area (Å²) in [5, 5.41) is 13.6. The quantitative estimate of drug-likeness (QED) is 0.711. The Hall–Kier alpha value is -0.540. The second-order valence-corrected chi connectivity index (χ2v) is 3.97. The third kappa shape index (κ3) is 1.62. The highest BCUT2D eigenvalue weighted by Crippen LogP contribution is 2.24. The zero-order chi connectivity index (χ0) is 8.39. The van der Waals surface area contributed by atoms with Gasteiger partial charge >= 0.3 is 0 Å². The molecule has 1 aliphatic heterocycles. The van der Waals surface area contributed by atoms with E-state index in [9.17, 15) is 5.11 Å². The van der Waals surface area contributed by atoms with Crippen LogP contribution in [0.5, 0.6) is 0 Å². The molecule has 0 aliphatic carbocycles. The lowest BCUT2D eigenvalue weighted by molar-refractivity contribution is 0.145. The average molecular weight is 182 g/mol. The predicted octanol–water partition coefficient (Wildman–Crippen LogP) is 1.51. The van der Waals surface area contributed by atoms with E-state index >= 15 is 0 Å². The lowest BCUT2D eigenvalue weighted by Gasteiger charge is -2.29. The minimum Gasteiger partial charge on any atom is -0.393 e. The molecule has 2 rings (SSSR count). The molecule has 1 fully saturated rings. The summed E-state index contributed by atoms with van der Waals surface area (Å²) in [6.07, 6.45) is 1.72. The van der Waals surface area contributed by atoms with Crippen molar-refractivity contribution in [1.29, 1.82) is 0 Å². The van der Waals surface area contributed by atoms with Gasteiger partial charge in [-0.3, -0.25) is 0 Å². The van der Waals surface area contributed by atoms with E-state index in [0.29, 0.717) is 0 Å². The first-order valence-electron chi connectivity index (χ1n) is 4.25. The highest BCUT2D eigenvalue weighted by Gasteiger charge is 2.17. The van der Waals surface area contributed by atoms with Gasteiger partial charge in [0.2, 0.25) is 0 Å². The number of anilines is 1. The lowest BCUT2D eigenvalue weighted by Crippen LogP contribution is -2.35. The molecule has 1 saturated heterocycles. The second-order valence-electron chi connectivity index (χ2n) is 3.11. The Kier molecular flexibility index (Phi) is 2.33. The highest BCUT2D eigenvalue weighted by atomic mass is 32.1.